The summed E-state index contributed by atoms with van der Waals surface area (Å²) in [6, 6.07) is -0.0934. The van der Waals surface area contributed by atoms with Gasteiger partial charge < -0.3 is 15.3 Å². The molecule has 0 unspecified atom stereocenters. The first-order valence-electron chi connectivity index (χ1n) is 7.00. The van der Waals surface area contributed by atoms with E-state index in [2.05, 4.69) is 5.32 Å². The van der Waals surface area contributed by atoms with Crippen molar-refractivity contribution in [2.75, 3.05) is 31.1 Å². The van der Waals surface area contributed by atoms with Gasteiger partial charge in [-0.1, -0.05) is 0 Å². The third-order valence-corrected chi connectivity index (χ3v) is 4.99. The van der Waals surface area contributed by atoms with Crippen molar-refractivity contribution in [1.82, 2.24) is 10.2 Å². The van der Waals surface area contributed by atoms with Gasteiger partial charge in [0.05, 0.1) is 5.92 Å². The van der Waals surface area contributed by atoms with Gasteiger partial charge in [0.2, 0.25) is 0 Å². The number of carbonyl (C=O) groups is 2. The van der Waals surface area contributed by atoms with Crippen LogP contribution in [0.15, 0.2) is 0 Å². The van der Waals surface area contributed by atoms with Crippen LogP contribution >= 0.6 is 11.8 Å². The molecule has 6 heteroatoms. The number of nitrogens with zero attached hydrogens (tertiary/aromatic N) is 1. The second-order valence-corrected chi connectivity index (χ2v) is 6.59. The summed E-state index contributed by atoms with van der Waals surface area (Å²) in [4.78, 5) is 24.6. The maximum atomic E-state index is 12.0. The standard InChI is InChI=1S/C13H22N2O3S/c16-12(17)11-2-1-5-15(9-11)13(18)14-8-10-3-6-19-7-4-10/h10-11H,1-9H2,(H,14,18)(H,16,17)/t11-/m0/s1. The van der Waals surface area contributed by atoms with Gasteiger partial charge in [0.25, 0.3) is 0 Å². The molecule has 0 aromatic heterocycles. The molecule has 0 aromatic carbocycles. The molecule has 2 saturated heterocycles. The molecule has 2 amide bonds. The van der Waals surface area contributed by atoms with Gasteiger partial charge in [-0.25, -0.2) is 4.79 Å². The summed E-state index contributed by atoms with van der Waals surface area (Å²) in [7, 11) is 0. The van der Waals surface area contributed by atoms with Gasteiger partial charge in [-0.05, 0) is 43.1 Å². The maximum absolute atomic E-state index is 12.0. The van der Waals surface area contributed by atoms with Crippen LogP contribution in [0.5, 0.6) is 0 Å². The fourth-order valence-corrected chi connectivity index (χ4v) is 3.86. The van der Waals surface area contributed by atoms with Crippen LogP contribution in [0.4, 0.5) is 4.79 Å². The molecule has 2 heterocycles. The van der Waals surface area contributed by atoms with Gasteiger partial charge in [-0.15, -0.1) is 0 Å². The highest BCUT2D eigenvalue weighted by Gasteiger charge is 2.28. The predicted molar refractivity (Wildman–Crippen MR) is 75.4 cm³/mol. The highest BCUT2D eigenvalue weighted by atomic mass is 32.2. The molecule has 0 aromatic rings. The van der Waals surface area contributed by atoms with E-state index in [1.165, 1.54) is 24.3 Å². The number of nitrogens with one attached hydrogen (secondary N) is 1. The van der Waals surface area contributed by atoms with E-state index in [1.807, 2.05) is 11.8 Å². The summed E-state index contributed by atoms with van der Waals surface area (Å²) in [5.41, 5.74) is 0. The summed E-state index contributed by atoms with van der Waals surface area (Å²) in [5, 5.41) is 12.0. The van der Waals surface area contributed by atoms with Crippen molar-refractivity contribution in [3.63, 3.8) is 0 Å². The van der Waals surface area contributed by atoms with Crippen LogP contribution in [0, 0.1) is 11.8 Å². The highest BCUT2D eigenvalue weighted by molar-refractivity contribution is 7.99. The first-order valence-corrected chi connectivity index (χ1v) is 8.15. The van der Waals surface area contributed by atoms with Gasteiger partial charge in [0.15, 0.2) is 0 Å². The molecule has 0 spiro atoms. The fourth-order valence-electron chi connectivity index (χ4n) is 2.66. The molecule has 5 nitrogen and oxygen atoms in total. The molecule has 2 N–H and O–H groups in total. The lowest BCUT2D eigenvalue weighted by Gasteiger charge is -2.31. The van der Waals surface area contributed by atoms with Crippen molar-refractivity contribution in [2.45, 2.75) is 25.7 Å². The molecular weight excluding hydrogens is 264 g/mol. The number of carbonyl (C=O) groups excluding carboxylic acids is 1. The number of hydrogen-bond acceptors (Lipinski definition) is 3. The number of carboxylic acids is 1. The van der Waals surface area contributed by atoms with Crippen LogP contribution in [0.3, 0.4) is 0 Å². The first-order chi connectivity index (χ1) is 9.16. The summed E-state index contributed by atoms with van der Waals surface area (Å²) in [6.45, 7) is 1.76. The summed E-state index contributed by atoms with van der Waals surface area (Å²) in [6.07, 6.45) is 3.80. The number of aliphatic carboxylic acids is 1. The average molecular weight is 286 g/mol. The van der Waals surface area contributed by atoms with Crippen molar-refractivity contribution < 1.29 is 14.7 Å². The summed E-state index contributed by atoms with van der Waals surface area (Å²) >= 11 is 1.98. The number of rotatable bonds is 3. The largest absolute Gasteiger partial charge is 0.481 e. The topological polar surface area (TPSA) is 69.6 Å². The molecule has 2 rings (SSSR count). The van der Waals surface area contributed by atoms with Crippen LogP contribution in [-0.2, 0) is 4.79 Å². The smallest absolute Gasteiger partial charge is 0.317 e. The van der Waals surface area contributed by atoms with E-state index in [4.69, 9.17) is 5.11 Å². The molecule has 2 aliphatic heterocycles. The molecule has 19 heavy (non-hydrogen) atoms. The van der Waals surface area contributed by atoms with Crippen molar-refractivity contribution in [3.8, 4) is 0 Å². The molecule has 2 aliphatic rings. The third-order valence-electron chi connectivity index (χ3n) is 3.94. The van der Waals surface area contributed by atoms with E-state index < -0.39 is 11.9 Å². The molecular formula is C13H22N2O3S. The lowest BCUT2D eigenvalue weighted by molar-refractivity contribution is -0.143. The maximum Gasteiger partial charge on any atom is 0.317 e. The zero-order chi connectivity index (χ0) is 13.7. The Balaban J connectivity index is 1.74. The minimum Gasteiger partial charge on any atom is -0.481 e. The molecule has 2 fully saturated rings. The van der Waals surface area contributed by atoms with E-state index >= 15 is 0 Å². The Bertz CT molecular complexity index is 332. The van der Waals surface area contributed by atoms with E-state index in [1.54, 1.807) is 4.90 Å². The molecule has 0 bridgehead atoms. The van der Waals surface area contributed by atoms with E-state index in [0.29, 0.717) is 25.4 Å². The van der Waals surface area contributed by atoms with Crippen molar-refractivity contribution in [2.24, 2.45) is 11.8 Å². The number of carboxylic acid groups (broad SMARTS) is 1. The van der Waals surface area contributed by atoms with Crippen molar-refractivity contribution in [1.29, 1.82) is 0 Å². The lowest BCUT2D eigenvalue weighted by atomic mass is 9.98. The van der Waals surface area contributed by atoms with Crippen LogP contribution in [0.25, 0.3) is 0 Å². The molecule has 0 aliphatic carbocycles. The third kappa shape index (κ3) is 4.30. The van der Waals surface area contributed by atoms with Gasteiger partial charge in [-0.3, -0.25) is 4.79 Å². The van der Waals surface area contributed by atoms with E-state index in [9.17, 15) is 9.59 Å². The summed E-state index contributed by atoms with van der Waals surface area (Å²) < 4.78 is 0. The van der Waals surface area contributed by atoms with Crippen LogP contribution in [0.1, 0.15) is 25.7 Å². The number of urea groups is 1. The Labute approximate surface area is 118 Å². The summed E-state index contributed by atoms with van der Waals surface area (Å²) in [5.74, 6) is 1.77. The lowest BCUT2D eigenvalue weighted by Crippen LogP contribution is -2.48. The number of piperidine rings is 1. The number of hydrogen-bond donors (Lipinski definition) is 2. The van der Waals surface area contributed by atoms with Gasteiger partial charge in [0.1, 0.15) is 0 Å². The first kappa shape index (κ1) is 14.5. The molecule has 1 atom stereocenters. The zero-order valence-electron chi connectivity index (χ0n) is 11.1. The fraction of sp³-hybridized carbons (Fsp3) is 0.846. The Morgan fingerprint density at radius 1 is 1.26 bits per heavy atom. The Morgan fingerprint density at radius 3 is 2.68 bits per heavy atom. The minimum absolute atomic E-state index is 0.0934. The molecule has 108 valence electrons. The van der Waals surface area contributed by atoms with Crippen LogP contribution in [-0.4, -0.2) is 53.1 Å². The monoisotopic (exact) mass is 286 g/mol. The van der Waals surface area contributed by atoms with Gasteiger partial charge in [0, 0.05) is 19.6 Å². The number of amides is 2. The van der Waals surface area contributed by atoms with E-state index in [0.717, 1.165) is 13.0 Å². The average Bonchev–Trinajstić information content (AvgIpc) is 2.46. The zero-order valence-corrected chi connectivity index (χ0v) is 12.0. The van der Waals surface area contributed by atoms with Crippen molar-refractivity contribution >= 4 is 23.8 Å². The Hall–Kier alpha value is -0.910. The second kappa shape index (κ2) is 7.03. The van der Waals surface area contributed by atoms with Gasteiger partial charge in [-0.2, -0.15) is 11.8 Å². The molecule has 0 saturated carbocycles. The minimum atomic E-state index is -0.790. The Morgan fingerprint density at radius 2 is 2.00 bits per heavy atom. The quantitative estimate of drug-likeness (QED) is 0.827. The molecule has 0 radical (unpaired) electrons. The number of thioether (sulfide) groups is 1. The number of likely N-dealkylation sites (tertiary alicyclic amines) is 1. The highest BCUT2D eigenvalue weighted by Crippen LogP contribution is 2.22. The normalized spacial score (nSPS) is 25.1. The second-order valence-electron chi connectivity index (χ2n) is 5.37. The van der Waals surface area contributed by atoms with Crippen LogP contribution in [0.2, 0.25) is 0 Å². The van der Waals surface area contributed by atoms with E-state index in [-0.39, 0.29) is 6.03 Å². The SMILES string of the molecule is O=C(O)[C@H]1CCCN(C(=O)NCC2CCSCC2)C1. The Kier molecular flexibility index (Phi) is 5.36. The predicted octanol–water partition coefficient (Wildman–Crippen LogP) is 1.64. The van der Waals surface area contributed by atoms with Gasteiger partial charge >= 0.3 is 12.0 Å². The van der Waals surface area contributed by atoms with Crippen molar-refractivity contribution in [3.05, 3.63) is 0 Å². The van der Waals surface area contributed by atoms with Crippen LogP contribution < -0.4 is 5.32 Å².